The number of thiazole rings is 1. The van der Waals surface area contributed by atoms with Crippen LogP contribution in [-0.4, -0.2) is 38.7 Å². The van der Waals surface area contributed by atoms with Crippen LogP contribution in [0.3, 0.4) is 0 Å². The van der Waals surface area contributed by atoms with Crippen LogP contribution in [0.25, 0.3) is 0 Å². The van der Waals surface area contributed by atoms with Crippen LogP contribution in [0.15, 0.2) is 23.1 Å². The van der Waals surface area contributed by atoms with Crippen molar-refractivity contribution in [2.45, 2.75) is 39.2 Å². The number of likely N-dealkylation sites (tertiary alicyclic amines) is 1. The Labute approximate surface area is 138 Å². The van der Waals surface area contributed by atoms with Crippen LogP contribution in [0, 0.1) is 13.8 Å². The predicted molar refractivity (Wildman–Crippen MR) is 88.6 cm³/mol. The monoisotopic (exact) mass is 332 g/mol. The summed E-state index contributed by atoms with van der Waals surface area (Å²) in [6.07, 6.45) is 3.90. The molecule has 6 nitrogen and oxygen atoms in total. The molecule has 1 amide bonds. The molecule has 0 bridgehead atoms. The Hall–Kier alpha value is -2.02. The molecule has 7 heteroatoms. The summed E-state index contributed by atoms with van der Waals surface area (Å²) < 4.78 is 1.24. The first kappa shape index (κ1) is 15.9. The van der Waals surface area contributed by atoms with E-state index in [2.05, 4.69) is 10.1 Å². The highest BCUT2D eigenvalue weighted by Gasteiger charge is 2.26. The Morgan fingerprint density at radius 2 is 2.22 bits per heavy atom. The molecule has 1 saturated heterocycles. The number of hydrogen-bond acceptors (Lipinski definition) is 5. The average molecular weight is 332 g/mol. The van der Waals surface area contributed by atoms with Gasteiger partial charge in [-0.1, -0.05) is 0 Å². The number of rotatable bonds is 3. The van der Waals surface area contributed by atoms with E-state index in [0.717, 1.165) is 30.1 Å². The third-order valence-corrected chi connectivity index (χ3v) is 5.12. The summed E-state index contributed by atoms with van der Waals surface area (Å²) in [5.41, 5.74) is 0.486. The quantitative estimate of drug-likeness (QED) is 0.858. The largest absolute Gasteiger partial charge is 0.340 e. The van der Waals surface area contributed by atoms with Gasteiger partial charge in [-0.25, -0.2) is 9.67 Å². The van der Waals surface area contributed by atoms with Gasteiger partial charge in [0, 0.05) is 36.1 Å². The van der Waals surface area contributed by atoms with Crippen molar-refractivity contribution in [1.82, 2.24) is 19.7 Å². The van der Waals surface area contributed by atoms with Gasteiger partial charge in [0.1, 0.15) is 6.54 Å². The Balaban J connectivity index is 1.69. The van der Waals surface area contributed by atoms with Crippen molar-refractivity contribution in [2.24, 2.45) is 0 Å². The molecule has 0 spiro atoms. The van der Waals surface area contributed by atoms with Crippen LogP contribution in [0.1, 0.15) is 34.3 Å². The summed E-state index contributed by atoms with van der Waals surface area (Å²) in [5.74, 6) is 0.247. The normalized spacial score (nSPS) is 18.2. The highest BCUT2D eigenvalue weighted by Crippen LogP contribution is 2.29. The summed E-state index contributed by atoms with van der Waals surface area (Å²) in [6.45, 7) is 5.27. The maximum absolute atomic E-state index is 12.5. The third kappa shape index (κ3) is 3.67. The van der Waals surface area contributed by atoms with Crippen molar-refractivity contribution in [3.63, 3.8) is 0 Å². The topological polar surface area (TPSA) is 68.1 Å². The predicted octanol–water partition coefficient (Wildman–Crippen LogP) is 1.72. The van der Waals surface area contributed by atoms with Crippen LogP contribution in [0.4, 0.5) is 0 Å². The maximum Gasteiger partial charge on any atom is 0.267 e. The molecule has 2 aromatic rings. The molecule has 0 unspecified atom stereocenters. The third-order valence-electron chi connectivity index (χ3n) is 4.05. The van der Waals surface area contributed by atoms with Crippen LogP contribution < -0.4 is 5.56 Å². The first-order valence-corrected chi connectivity index (χ1v) is 8.59. The van der Waals surface area contributed by atoms with E-state index < -0.39 is 0 Å². The summed E-state index contributed by atoms with van der Waals surface area (Å²) in [6, 6.07) is 3.11. The first-order chi connectivity index (χ1) is 11.0. The van der Waals surface area contributed by atoms with E-state index in [4.69, 9.17) is 0 Å². The zero-order valence-corrected chi connectivity index (χ0v) is 14.2. The highest BCUT2D eigenvalue weighted by molar-refractivity contribution is 7.11. The number of carbonyl (C=O) groups is 1. The van der Waals surface area contributed by atoms with Gasteiger partial charge < -0.3 is 4.90 Å². The van der Waals surface area contributed by atoms with Gasteiger partial charge >= 0.3 is 0 Å². The van der Waals surface area contributed by atoms with E-state index in [1.54, 1.807) is 17.4 Å². The molecular formula is C16H20N4O2S. The van der Waals surface area contributed by atoms with Crippen LogP contribution in [-0.2, 0) is 11.3 Å². The van der Waals surface area contributed by atoms with Gasteiger partial charge in [0.05, 0.1) is 10.7 Å². The Morgan fingerprint density at radius 3 is 2.96 bits per heavy atom. The molecule has 0 aromatic carbocycles. The average Bonchev–Trinajstić information content (AvgIpc) is 2.97. The SMILES string of the molecule is Cc1ccc(=O)n(CC(=O)N2CCC[C@H](c3ncc(C)s3)C2)n1. The fraction of sp³-hybridized carbons (Fsp3) is 0.500. The summed E-state index contributed by atoms with van der Waals surface area (Å²) in [4.78, 5) is 31.8. The zero-order chi connectivity index (χ0) is 16.4. The number of amides is 1. The van der Waals surface area contributed by atoms with Gasteiger partial charge in [0.25, 0.3) is 5.56 Å². The molecule has 0 radical (unpaired) electrons. The molecule has 0 saturated carbocycles. The molecule has 1 fully saturated rings. The molecule has 2 aromatic heterocycles. The Morgan fingerprint density at radius 1 is 1.39 bits per heavy atom. The van der Waals surface area contributed by atoms with Crippen molar-refractivity contribution in [2.75, 3.05) is 13.1 Å². The van der Waals surface area contributed by atoms with E-state index in [0.29, 0.717) is 12.5 Å². The Bertz CT molecular complexity index is 767. The maximum atomic E-state index is 12.5. The van der Waals surface area contributed by atoms with Crippen molar-refractivity contribution in [3.05, 3.63) is 44.3 Å². The fourth-order valence-electron chi connectivity index (χ4n) is 2.86. The number of hydrogen-bond donors (Lipinski definition) is 0. The molecule has 23 heavy (non-hydrogen) atoms. The molecule has 1 aliphatic heterocycles. The number of aromatic nitrogens is 3. The fourth-order valence-corrected chi connectivity index (χ4v) is 3.76. The van der Waals surface area contributed by atoms with Gasteiger partial charge in [0.15, 0.2) is 0 Å². The lowest BCUT2D eigenvalue weighted by atomic mass is 9.99. The molecule has 0 N–H and O–H groups in total. The van der Waals surface area contributed by atoms with Crippen molar-refractivity contribution >= 4 is 17.2 Å². The molecule has 122 valence electrons. The molecule has 1 atom stereocenters. The van der Waals surface area contributed by atoms with Gasteiger partial charge in [0.2, 0.25) is 5.91 Å². The Kier molecular flexibility index (Phi) is 4.56. The van der Waals surface area contributed by atoms with E-state index >= 15 is 0 Å². The van der Waals surface area contributed by atoms with Gasteiger partial charge in [-0.15, -0.1) is 11.3 Å². The van der Waals surface area contributed by atoms with Crippen molar-refractivity contribution < 1.29 is 4.79 Å². The second-order valence-corrected chi connectivity index (χ2v) is 7.23. The molecule has 0 aliphatic carbocycles. The van der Waals surface area contributed by atoms with E-state index in [1.807, 2.05) is 24.9 Å². The molecule has 3 rings (SSSR count). The minimum absolute atomic E-state index is 0.00410. The summed E-state index contributed by atoms with van der Waals surface area (Å²) >= 11 is 1.70. The van der Waals surface area contributed by atoms with E-state index in [-0.39, 0.29) is 18.0 Å². The minimum Gasteiger partial charge on any atom is -0.340 e. The van der Waals surface area contributed by atoms with Crippen molar-refractivity contribution in [3.8, 4) is 0 Å². The summed E-state index contributed by atoms with van der Waals surface area (Å²) in [7, 11) is 0. The number of nitrogens with zero attached hydrogens (tertiary/aromatic N) is 4. The standard InChI is InChI=1S/C16H20N4O2S/c1-11-5-6-14(21)20(18-11)10-15(22)19-7-3-4-13(9-19)16-17-8-12(2)23-16/h5-6,8,13H,3-4,7,9-10H2,1-2H3/t13-/m0/s1. The molecular weight excluding hydrogens is 312 g/mol. The lowest BCUT2D eigenvalue weighted by Crippen LogP contribution is -2.42. The van der Waals surface area contributed by atoms with E-state index in [9.17, 15) is 9.59 Å². The van der Waals surface area contributed by atoms with Crippen LogP contribution in [0.2, 0.25) is 0 Å². The molecule has 3 heterocycles. The second-order valence-electron chi connectivity index (χ2n) is 5.96. The van der Waals surface area contributed by atoms with Gasteiger partial charge in [-0.05, 0) is 32.8 Å². The number of aryl methyl sites for hydroxylation is 2. The number of piperidine rings is 1. The van der Waals surface area contributed by atoms with Gasteiger partial charge in [-0.2, -0.15) is 5.10 Å². The lowest BCUT2D eigenvalue weighted by Gasteiger charge is -2.31. The van der Waals surface area contributed by atoms with Crippen molar-refractivity contribution in [1.29, 1.82) is 0 Å². The number of carbonyl (C=O) groups excluding carboxylic acids is 1. The zero-order valence-electron chi connectivity index (χ0n) is 13.4. The highest BCUT2D eigenvalue weighted by atomic mass is 32.1. The molecule has 1 aliphatic rings. The van der Waals surface area contributed by atoms with Gasteiger partial charge in [-0.3, -0.25) is 9.59 Å². The van der Waals surface area contributed by atoms with E-state index in [1.165, 1.54) is 15.6 Å². The smallest absolute Gasteiger partial charge is 0.267 e. The second kappa shape index (κ2) is 6.62. The lowest BCUT2D eigenvalue weighted by molar-refractivity contribution is -0.133. The van der Waals surface area contributed by atoms with Crippen LogP contribution in [0.5, 0.6) is 0 Å². The first-order valence-electron chi connectivity index (χ1n) is 7.78. The summed E-state index contributed by atoms with van der Waals surface area (Å²) in [5, 5.41) is 5.24. The van der Waals surface area contributed by atoms with Crippen LogP contribution >= 0.6 is 11.3 Å². The minimum atomic E-state index is -0.243.